The van der Waals surface area contributed by atoms with Crippen LogP contribution in [0.1, 0.15) is 41.8 Å². The number of methoxy groups -OCH3 is 1. The summed E-state index contributed by atoms with van der Waals surface area (Å²) in [6.07, 6.45) is 0. The van der Waals surface area contributed by atoms with E-state index in [1.807, 2.05) is 32.2 Å². The lowest BCUT2D eigenvalue weighted by Gasteiger charge is -2.22. The number of anilines is 1. The lowest BCUT2D eigenvalue weighted by molar-refractivity contribution is -0.115. The second-order valence-corrected chi connectivity index (χ2v) is 9.66. The standard InChI is InChI=1S/C23H24N2O4S2/c1-12(2)15-9-16(13(3)7-19(15)27)17-10-31-23(24-17)25-21(28)11-30-22(25)14-5-6-18(26)20(8-14)29-4/h5-10,12,22,26-27H,11H2,1-4H3. The molecule has 6 nitrogen and oxygen atoms in total. The molecular formula is C23H24N2O4S2. The molecule has 31 heavy (non-hydrogen) atoms. The summed E-state index contributed by atoms with van der Waals surface area (Å²) in [4.78, 5) is 19.2. The number of rotatable bonds is 5. The number of carbonyl (C=O) groups is 1. The number of ether oxygens (including phenoxy) is 1. The Bertz CT molecular complexity index is 1140. The molecule has 1 atom stereocenters. The topological polar surface area (TPSA) is 82.9 Å². The highest BCUT2D eigenvalue weighted by molar-refractivity contribution is 8.00. The van der Waals surface area contributed by atoms with E-state index in [2.05, 4.69) is 0 Å². The number of phenols is 2. The number of benzene rings is 2. The Balaban J connectivity index is 1.71. The van der Waals surface area contributed by atoms with Gasteiger partial charge in [-0.3, -0.25) is 9.69 Å². The lowest BCUT2D eigenvalue weighted by Crippen LogP contribution is -2.27. The monoisotopic (exact) mass is 456 g/mol. The first-order chi connectivity index (χ1) is 14.8. The van der Waals surface area contributed by atoms with Gasteiger partial charge in [-0.05, 0) is 53.8 Å². The van der Waals surface area contributed by atoms with Crippen molar-refractivity contribution in [1.82, 2.24) is 4.98 Å². The molecule has 1 saturated heterocycles. The van der Waals surface area contributed by atoms with E-state index in [0.29, 0.717) is 22.4 Å². The average molecular weight is 457 g/mol. The molecule has 1 fully saturated rings. The molecule has 1 unspecified atom stereocenters. The third-order valence-corrected chi connectivity index (χ3v) is 7.38. The van der Waals surface area contributed by atoms with Gasteiger partial charge in [-0.25, -0.2) is 4.98 Å². The third-order valence-electron chi connectivity index (χ3n) is 5.33. The van der Waals surface area contributed by atoms with Crippen LogP contribution in [0.25, 0.3) is 11.3 Å². The van der Waals surface area contributed by atoms with Crippen molar-refractivity contribution in [2.24, 2.45) is 0 Å². The van der Waals surface area contributed by atoms with Gasteiger partial charge >= 0.3 is 0 Å². The van der Waals surface area contributed by atoms with Crippen LogP contribution in [-0.2, 0) is 4.79 Å². The van der Waals surface area contributed by atoms with Crippen LogP contribution >= 0.6 is 23.1 Å². The second-order valence-electron chi connectivity index (χ2n) is 7.75. The van der Waals surface area contributed by atoms with Crippen LogP contribution in [0.4, 0.5) is 5.13 Å². The molecule has 0 spiro atoms. The first kappa shape index (κ1) is 21.5. The number of nitrogens with zero attached hydrogens (tertiary/aromatic N) is 2. The van der Waals surface area contributed by atoms with Crippen LogP contribution in [0.15, 0.2) is 35.7 Å². The Kier molecular flexibility index (Phi) is 5.85. The number of phenolic OH excluding ortho intramolecular Hbond substituents is 2. The summed E-state index contributed by atoms with van der Waals surface area (Å²) in [7, 11) is 1.50. The van der Waals surface area contributed by atoms with E-state index in [4.69, 9.17) is 9.72 Å². The molecule has 1 aliphatic rings. The van der Waals surface area contributed by atoms with E-state index in [-0.39, 0.29) is 22.9 Å². The van der Waals surface area contributed by atoms with Crippen LogP contribution in [-0.4, -0.2) is 34.0 Å². The fourth-order valence-electron chi connectivity index (χ4n) is 3.67. The Morgan fingerprint density at radius 2 is 1.97 bits per heavy atom. The van der Waals surface area contributed by atoms with Gasteiger partial charge < -0.3 is 14.9 Å². The SMILES string of the molecule is COc1cc(C2SCC(=O)N2c2nc(-c3cc(C(C)C)c(O)cc3C)cs2)ccc1O. The summed E-state index contributed by atoms with van der Waals surface area (Å²) in [6, 6.07) is 8.89. The Hall–Kier alpha value is -2.71. The summed E-state index contributed by atoms with van der Waals surface area (Å²) in [5, 5.41) is 22.5. The zero-order valence-electron chi connectivity index (χ0n) is 17.7. The minimum absolute atomic E-state index is 0.00626. The number of aromatic hydroxyl groups is 2. The van der Waals surface area contributed by atoms with Crippen molar-refractivity contribution < 1.29 is 19.7 Å². The Morgan fingerprint density at radius 1 is 1.19 bits per heavy atom. The molecule has 4 rings (SSSR count). The summed E-state index contributed by atoms with van der Waals surface area (Å²) in [5.74, 6) is 1.26. The number of hydrogen-bond donors (Lipinski definition) is 2. The molecule has 8 heteroatoms. The molecular weight excluding hydrogens is 432 g/mol. The summed E-state index contributed by atoms with van der Waals surface area (Å²) >= 11 is 2.94. The molecule has 0 bridgehead atoms. The molecule has 1 amide bonds. The quantitative estimate of drug-likeness (QED) is 0.532. The largest absolute Gasteiger partial charge is 0.508 e. The van der Waals surface area contributed by atoms with Crippen LogP contribution in [0.5, 0.6) is 17.2 Å². The van der Waals surface area contributed by atoms with E-state index in [1.54, 1.807) is 29.2 Å². The fraction of sp³-hybridized carbons (Fsp3) is 0.304. The van der Waals surface area contributed by atoms with Crippen molar-refractivity contribution in [3.8, 4) is 28.5 Å². The first-order valence-corrected chi connectivity index (χ1v) is 11.8. The number of thioether (sulfide) groups is 1. The maximum absolute atomic E-state index is 12.7. The molecule has 0 radical (unpaired) electrons. The van der Waals surface area contributed by atoms with E-state index in [0.717, 1.165) is 27.9 Å². The lowest BCUT2D eigenvalue weighted by atomic mass is 9.95. The highest BCUT2D eigenvalue weighted by Gasteiger charge is 2.36. The molecule has 0 saturated carbocycles. The number of carbonyl (C=O) groups excluding carboxylic acids is 1. The van der Waals surface area contributed by atoms with Gasteiger partial charge in [0.05, 0.1) is 18.6 Å². The van der Waals surface area contributed by atoms with Crippen molar-refractivity contribution in [2.45, 2.75) is 32.1 Å². The molecule has 2 N–H and O–H groups in total. The van der Waals surface area contributed by atoms with Gasteiger partial charge in [0.25, 0.3) is 0 Å². The van der Waals surface area contributed by atoms with Crippen LogP contribution in [0, 0.1) is 6.92 Å². The zero-order valence-corrected chi connectivity index (χ0v) is 19.4. The average Bonchev–Trinajstić information content (AvgIpc) is 3.34. The van der Waals surface area contributed by atoms with Crippen molar-refractivity contribution in [3.05, 3.63) is 52.4 Å². The van der Waals surface area contributed by atoms with E-state index in [1.165, 1.54) is 30.2 Å². The number of thiazole rings is 1. The summed E-state index contributed by atoms with van der Waals surface area (Å²) < 4.78 is 5.23. The number of aromatic nitrogens is 1. The highest BCUT2D eigenvalue weighted by atomic mass is 32.2. The smallest absolute Gasteiger partial charge is 0.240 e. The molecule has 162 valence electrons. The number of aryl methyl sites for hydroxylation is 1. The van der Waals surface area contributed by atoms with Gasteiger partial charge in [-0.1, -0.05) is 19.9 Å². The second kappa shape index (κ2) is 8.43. The van der Waals surface area contributed by atoms with E-state index < -0.39 is 0 Å². The maximum atomic E-state index is 12.7. The van der Waals surface area contributed by atoms with Gasteiger partial charge in [-0.15, -0.1) is 23.1 Å². The van der Waals surface area contributed by atoms with Gasteiger partial charge in [0.15, 0.2) is 16.6 Å². The summed E-state index contributed by atoms with van der Waals surface area (Å²) in [5.41, 5.74) is 4.40. The maximum Gasteiger partial charge on any atom is 0.240 e. The Morgan fingerprint density at radius 3 is 2.68 bits per heavy atom. The van der Waals surface area contributed by atoms with Crippen molar-refractivity contribution in [1.29, 1.82) is 0 Å². The number of hydrogen-bond acceptors (Lipinski definition) is 7. The van der Waals surface area contributed by atoms with E-state index in [9.17, 15) is 15.0 Å². The minimum Gasteiger partial charge on any atom is -0.508 e. The predicted octanol–water partition coefficient (Wildman–Crippen LogP) is 5.44. The molecule has 3 aromatic rings. The zero-order chi connectivity index (χ0) is 22.3. The van der Waals surface area contributed by atoms with Gasteiger partial charge in [0.1, 0.15) is 11.1 Å². The minimum atomic E-state index is -0.242. The number of amides is 1. The van der Waals surface area contributed by atoms with Gasteiger partial charge in [-0.2, -0.15) is 0 Å². The predicted molar refractivity (Wildman–Crippen MR) is 125 cm³/mol. The van der Waals surface area contributed by atoms with Crippen molar-refractivity contribution in [3.63, 3.8) is 0 Å². The van der Waals surface area contributed by atoms with Crippen molar-refractivity contribution in [2.75, 3.05) is 17.8 Å². The van der Waals surface area contributed by atoms with E-state index >= 15 is 0 Å². The summed E-state index contributed by atoms with van der Waals surface area (Å²) in [6.45, 7) is 6.02. The molecule has 1 aliphatic heterocycles. The fourth-order valence-corrected chi connectivity index (χ4v) is 5.75. The normalized spacial score (nSPS) is 16.4. The molecule has 2 aromatic carbocycles. The van der Waals surface area contributed by atoms with Crippen LogP contribution < -0.4 is 9.64 Å². The molecule has 2 heterocycles. The highest BCUT2D eigenvalue weighted by Crippen LogP contribution is 2.45. The third kappa shape index (κ3) is 3.97. The van der Waals surface area contributed by atoms with Crippen molar-refractivity contribution >= 4 is 34.1 Å². The van der Waals surface area contributed by atoms with Crippen LogP contribution in [0.3, 0.4) is 0 Å². The van der Waals surface area contributed by atoms with Gasteiger partial charge in [0.2, 0.25) is 5.91 Å². The van der Waals surface area contributed by atoms with Gasteiger partial charge in [0, 0.05) is 10.9 Å². The molecule has 0 aliphatic carbocycles. The first-order valence-electron chi connectivity index (χ1n) is 9.90. The molecule has 1 aromatic heterocycles. The Labute approximate surface area is 189 Å². The van der Waals surface area contributed by atoms with Crippen LogP contribution in [0.2, 0.25) is 0 Å².